The second-order valence-electron chi connectivity index (χ2n) is 7.20. The summed E-state index contributed by atoms with van der Waals surface area (Å²) in [4.78, 5) is 27.2. The SMILES string of the molecule is CCCN1C(=O)C(=O)/C(=C(\O)c2ccc(Cl)cc2)C1c1ccccc1OC(C)C. The number of ketones is 1. The van der Waals surface area contributed by atoms with Crippen molar-refractivity contribution >= 4 is 29.1 Å². The fourth-order valence-corrected chi connectivity index (χ4v) is 3.63. The number of ether oxygens (including phenoxy) is 1. The minimum atomic E-state index is -0.722. The van der Waals surface area contributed by atoms with E-state index in [1.54, 1.807) is 24.3 Å². The minimum absolute atomic E-state index is 0.0607. The maximum atomic E-state index is 12.9. The van der Waals surface area contributed by atoms with Crippen LogP contribution in [0.4, 0.5) is 0 Å². The molecule has 1 atom stereocenters. The number of likely N-dealkylation sites (tertiary alicyclic amines) is 1. The number of benzene rings is 2. The lowest BCUT2D eigenvalue weighted by atomic mass is 9.94. The van der Waals surface area contributed by atoms with Gasteiger partial charge in [-0.1, -0.05) is 36.7 Å². The number of carbonyl (C=O) groups is 2. The van der Waals surface area contributed by atoms with E-state index in [0.717, 1.165) is 0 Å². The molecule has 1 aliphatic heterocycles. The van der Waals surface area contributed by atoms with Crippen molar-refractivity contribution in [3.63, 3.8) is 0 Å². The number of nitrogens with zero attached hydrogens (tertiary/aromatic N) is 1. The van der Waals surface area contributed by atoms with Crippen LogP contribution in [0, 0.1) is 0 Å². The monoisotopic (exact) mass is 413 g/mol. The van der Waals surface area contributed by atoms with Gasteiger partial charge in [-0.25, -0.2) is 0 Å². The molecule has 1 N–H and O–H groups in total. The van der Waals surface area contributed by atoms with Gasteiger partial charge in [-0.15, -0.1) is 0 Å². The van der Waals surface area contributed by atoms with Crippen LogP contribution >= 0.6 is 11.6 Å². The van der Waals surface area contributed by atoms with E-state index in [-0.39, 0.29) is 17.4 Å². The zero-order valence-electron chi connectivity index (χ0n) is 16.7. The van der Waals surface area contributed by atoms with Gasteiger partial charge in [0.25, 0.3) is 11.7 Å². The van der Waals surface area contributed by atoms with Crippen molar-refractivity contribution in [2.24, 2.45) is 0 Å². The van der Waals surface area contributed by atoms with Gasteiger partial charge in [-0.2, -0.15) is 0 Å². The molecule has 3 rings (SSSR count). The topological polar surface area (TPSA) is 66.8 Å². The maximum Gasteiger partial charge on any atom is 0.295 e. The minimum Gasteiger partial charge on any atom is -0.507 e. The highest BCUT2D eigenvalue weighted by Gasteiger charge is 2.46. The number of para-hydroxylation sites is 1. The van der Waals surface area contributed by atoms with E-state index in [1.807, 2.05) is 45.0 Å². The van der Waals surface area contributed by atoms with Crippen molar-refractivity contribution in [2.75, 3.05) is 6.54 Å². The lowest BCUT2D eigenvalue weighted by Crippen LogP contribution is -2.30. The van der Waals surface area contributed by atoms with Gasteiger partial charge in [-0.05, 0) is 50.6 Å². The quantitative estimate of drug-likeness (QED) is 0.413. The molecule has 5 nitrogen and oxygen atoms in total. The van der Waals surface area contributed by atoms with Gasteiger partial charge in [0.15, 0.2) is 0 Å². The molecule has 1 unspecified atom stereocenters. The van der Waals surface area contributed by atoms with Crippen molar-refractivity contribution in [3.05, 3.63) is 70.3 Å². The van der Waals surface area contributed by atoms with Crippen LogP contribution in [0.5, 0.6) is 5.75 Å². The predicted molar refractivity (Wildman–Crippen MR) is 113 cm³/mol. The predicted octanol–water partition coefficient (Wildman–Crippen LogP) is 4.96. The molecule has 0 aliphatic carbocycles. The molecule has 152 valence electrons. The van der Waals surface area contributed by atoms with Crippen LogP contribution in [0.25, 0.3) is 5.76 Å². The summed E-state index contributed by atoms with van der Waals surface area (Å²) < 4.78 is 5.93. The van der Waals surface area contributed by atoms with Crippen molar-refractivity contribution < 1.29 is 19.4 Å². The Bertz CT molecular complexity index is 950. The summed E-state index contributed by atoms with van der Waals surface area (Å²) in [5.74, 6) is -0.956. The average Bonchev–Trinajstić information content (AvgIpc) is 2.93. The van der Waals surface area contributed by atoms with E-state index in [0.29, 0.717) is 34.9 Å². The average molecular weight is 414 g/mol. The summed E-state index contributed by atoms with van der Waals surface area (Å²) in [5.41, 5.74) is 1.16. The van der Waals surface area contributed by atoms with E-state index < -0.39 is 17.7 Å². The largest absolute Gasteiger partial charge is 0.507 e. The highest BCUT2D eigenvalue weighted by molar-refractivity contribution is 6.46. The van der Waals surface area contributed by atoms with Gasteiger partial charge in [0, 0.05) is 22.7 Å². The Morgan fingerprint density at radius 1 is 1.14 bits per heavy atom. The fraction of sp³-hybridized carbons (Fsp3) is 0.304. The molecule has 1 heterocycles. The first-order valence-electron chi connectivity index (χ1n) is 9.65. The van der Waals surface area contributed by atoms with E-state index >= 15 is 0 Å². The summed E-state index contributed by atoms with van der Waals surface area (Å²) in [6.07, 6.45) is 0.596. The summed E-state index contributed by atoms with van der Waals surface area (Å²) >= 11 is 5.94. The molecular formula is C23H24ClNO4. The van der Waals surface area contributed by atoms with Gasteiger partial charge in [0.1, 0.15) is 11.5 Å². The zero-order chi connectivity index (χ0) is 21.1. The van der Waals surface area contributed by atoms with E-state index in [2.05, 4.69) is 0 Å². The number of aliphatic hydroxyl groups is 1. The standard InChI is InChI=1S/C23H24ClNO4/c1-4-13-25-20(17-7-5-6-8-18(17)29-14(2)3)19(22(27)23(25)28)21(26)15-9-11-16(24)12-10-15/h5-12,14,20,26H,4,13H2,1-3H3/b21-19-. The van der Waals surface area contributed by atoms with Gasteiger partial charge < -0.3 is 14.7 Å². The second-order valence-corrected chi connectivity index (χ2v) is 7.64. The Kier molecular flexibility index (Phi) is 6.28. The van der Waals surface area contributed by atoms with Crippen LogP contribution in [0.1, 0.15) is 44.4 Å². The number of hydrogen-bond donors (Lipinski definition) is 1. The fourth-order valence-electron chi connectivity index (χ4n) is 3.51. The van der Waals surface area contributed by atoms with Crippen molar-refractivity contribution in [1.82, 2.24) is 4.90 Å². The Labute approximate surface area is 175 Å². The normalized spacial score (nSPS) is 18.5. The molecule has 29 heavy (non-hydrogen) atoms. The summed E-state index contributed by atoms with van der Waals surface area (Å²) in [6.45, 7) is 6.15. The molecule has 0 bridgehead atoms. The van der Waals surface area contributed by atoms with E-state index in [9.17, 15) is 14.7 Å². The first-order chi connectivity index (χ1) is 13.8. The summed E-state index contributed by atoms with van der Waals surface area (Å²) in [7, 11) is 0. The maximum absolute atomic E-state index is 12.9. The molecular weight excluding hydrogens is 390 g/mol. The molecule has 0 saturated carbocycles. The van der Waals surface area contributed by atoms with Crippen LogP contribution < -0.4 is 4.74 Å². The first-order valence-corrected chi connectivity index (χ1v) is 10.0. The zero-order valence-corrected chi connectivity index (χ0v) is 17.4. The molecule has 0 radical (unpaired) electrons. The van der Waals surface area contributed by atoms with Gasteiger partial charge >= 0.3 is 0 Å². The molecule has 2 aromatic rings. The first kappa shape index (κ1) is 20.9. The molecule has 1 aliphatic rings. The van der Waals surface area contributed by atoms with Gasteiger partial charge in [0.2, 0.25) is 0 Å². The molecule has 1 saturated heterocycles. The number of aliphatic hydroxyl groups excluding tert-OH is 1. The molecule has 0 spiro atoms. The third-order valence-corrected chi connectivity index (χ3v) is 4.95. The Morgan fingerprint density at radius 3 is 2.41 bits per heavy atom. The highest BCUT2D eigenvalue weighted by atomic mass is 35.5. The number of amides is 1. The Hall–Kier alpha value is -2.79. The Morgan fingerprint density at radius 2 is 1.79 bits per heavy atom. The molecule has 6 heteroatoms. The van der Waals surface area contributed by atoms with Gasteiger partial charge in [-0.3, -0.25) is 9.59 Å². The Balaban J connectivity index is 2.21. The second kappa shape index (κ2) is 8.70. The number of hydrogen-bond acceptors (Lipinski definition) is 4. The van der Waals surface area contributed by atoms with Crippen LogP contribution in [0.3, 0.4) is 0 Å². The third-order valence-electron chi connectivity index (χ3n) is 4.70. The molecule has 0 aromatic heterocycles. The van der Waals surface area contributed by atoms with Crippen molar-refractivity contribution in [2.45, 2.75) is 39.3 Å². The van der Waals surface area contributed by atoms with Crippen molar-refractivity contribution in [3.8, 4) is 5.75 Å². The van der Waals surface area contributed by atoms with Crippen LogP contribution in [0.2, 0.25) is 5.02 Å². The smallest absolute Gasteiger partial charge is 0.295 e. The summed E-state index contributed by atoms with van der Waals surface area (Å²) in [5, 5.41) is 11.5. The van der Waals surface area contributed by atoms with Crippen LogP contribution in [-0.4, -0.2) is 34.3 Å². The number of halogens is 1. The third kappa shape index (κ3) is 4.15. The summed E-state index contributed by atoms with van der Waals surface area (Å²) in [6, 6.07) is 13.1. The van der Waals surface area contributed by atoms with Gasteiger partial charge in [0.05, 0.1) is 17.7 Å². The van der Waals surface area contributed by atoms with Crippen molar-refractivity contribution in [1.29, 1.82) is 0 Å². The van der Waals surface area contributed by atoms with E-state index in [4.69, 9.17) is 16.3 Å². The van der Waals surface area contributed by atoms with Crippen LogP contribution in [0.15, 0.2) is 54.1 Å². The number of Topliss-reactive ketones (excluding diaryl/α,β-unsaturated/α-hetero) is 1. The number of carbonyl (C=O) groups excluding carboxylic acids is 2. The lowest BCUT2D eigenvalue weighted by molar-refractivity contribution is -0.139. The lowest BCUT2D eigenvalue weighted by Gasteiger charge is -2.27. The number of rotatable bonds is 6. The van der Waals surface area contributed by atoms with E-state index in [1.165, 1.54) is 4.90 Å². The molecule has 2 aromatic carbocycles. The molecule has 1 amide bonds. The molecule has 1 fully saturated rings. The van der Waals surface area contributed by atoms with Crippen LogP contribution in [-0.2, 0) is 9.59 Å². The highest BCUT2D eigenvalue weighted by Crippen LogP contribution is 2.42.